The van der Waals surface area contributed by atoms with E-state index in [1.54, 1.807) is 30.6 Å². The summed E-state index contributed by atoms with van der Waals surface area (Å²) in [7, 11) is 0. The number of pyridine rings is 1. The summed E-state index contributed by atoms with van der Waals surface area (Å²) in [5.41, 5.74) is 1.72. The number of aromatic nitrogens is 1. The molecule has 3 heterocycles. The Bertz CT molecular complexity index is 1010. The number of carbonyl (C=O) groups excluding carboxylic acids is 3. The Kier molecular flexibility index (Phi) is 5.99. The molecule has 9 heteroatoms. The fourth-order valence-electron chi connectivity index (χ4n) is 3.06. The van der Waals surface area contributed by atoms with Gasteiger partial charge in [0.05, 0.1) is 4.91 Å². The number of hydrogen-bond donors (Lipinski definition) is 1. The predicted molar refractivity (Wildman–Crippen MR) is 111 cm³/mol. The molecule has 0 bridgehead atoms. The van der Waals surface area contributed by atoms with Crippen molar-refractivity contribution in [2.75, 3.05) is 19.9 Å². The number of imide groups is 1. The van der Waals surface area contributed by atoms with Gasteiger partial charge in [-0.1, -0.05) is 12.1 Å². The first-order valence-corrected chi connectivity index (χ1v) is 10.2. The molecule has 30 heavy (non-hydrogen) atoms. The Balaban J connectivity index is 1.24. The summed E-state index contributed by atoms with van der Waals surface area (Å²) in [5.74, 6) is 0.888. The fraction of sp³-hybridized carbons (Fsp3) is 0.238. The average Bonchev–Trinajstić information content (AvgIpc) is 3.32. The third kappa shape index (κ3) is 4.62. The summed E-state index contributed by atoms with van der Waals surface area (Å²) in [4.78, 5) is 42.2. The summed E-state index contributed by atoms with van der Waals surface area (Å²) in [6.45, 7) is 0.549. The lowest BCUT2D eigenvalue weighted by atomic mass is 10.1. The Morgan fingerprint density at radius 3 is 2.93 bits per heavy atom. The van der Waals surface area contributed by atoms with E-state index < -0.39 is 0 Å². The van der Waals surface area contributed by atoms with Crippen molar-refractivity contribution in [2.45, 2.75) is 12.8 Å². The molecule has 154 valence electrons. The van der Waals surface area contributed by atoms with Gasteiger partial charge in [-0.25, -0.2) is 0 Å². The molecule has 8 nitrogen and oxygen atoms in total. The second-order valence-electron chi connectivity index (χ2n) is 6.66. The second-order valence-corrected chi connectivity index (χ2v) is 7.65. The standard InChI is InChI=1S/C21H19N3O5S/c25-19(6-4-14-3-5-16-17(10-14)29-13-28-16)23-8-9-24-20(26)18(30-21(24)27)11-15-2-1-7-22-12-15/h1-3,5,7,10-12H,4,6,8-9,13H2,(H,23,25)/b18-11+. The van der Waals surface area contributed by atoms with E-state index in [1.807, 2.05) is 18.2 Å². The lowest BCUT2D eigenvalue weighted by Crippen LogP contribution is -2.37. The van der Waals surface area contributed by atoms with Crippen LogP contribution < -0.4 is 14.8 Å². The van der Waals surface area contributed by atoms with Crippen LogP contribution in [0.1, 0.15) is 17.5 Å². The van der Waals surface area contributed by atoms with Crippen LogP contribution in [0.25, 0.3) is 6.08 Å². The molecule has 0 aliphatic carbocycles. The number of nitrogens with zero attached hydrogens (tertiary/aromatic N) is 2. The van der Waals surface area contributed by atoms with Crippen LogP contribution in [0.4, 0.5) is 4.79 Å². The van der Waals surface area contributed by atoms with E-state index in [0.29, 0.717) is 29.2 Å². The molecule has 0 saturated carbocycles. The molecule has 4 rings (SSSR count). The number of fused-ring (bicyclic) bond motifs is 1. The predicted octanol–water partition coefficient (Wildman–Crippen LogP) is 2.60. The van der Waals surface area contributed by atoms with Gasteiger partial charge in [-0.05, 0) is 53.6 Å². The van der Waals surface area contributed by atoms with E-state index in [4.69, 9.17) is 9.47 Å². The molecule has 1 aromatic carbocycles. The molecule has 1 saturated heterocycles. The van der Waals surface area contributed by atoms with Crippen molar-refractivity contribution in [3.05, 3.63) is 58.8 Å². The lowest BCUT2D eigenvalue weighted by molar-refractivity contribution is -0.124. The van der Waals surface area contributed by atoms with Crippen LogP contribution in [-0.2, 0) is 16.0 Å². The molecule has 1 aromatic heterocycles. The highest BCUT2D eigenvalue weighted by Crippen LogP contribution is 2.33. The zero-order valence-electron chi connectivity index (χ0n) is 16.0. The van der Waals surface area contributed by atoms with E-state index in [0.717, 1.165) is 27.8 Å². The van der Waals surface area contributed by atoms with Crippen molar-refractivity contribution >= 4 is 34.9 Å². The third-order valence-corrected chi connectivity index (χ3v) is 5.50. The Morgan fingerprint density at radius 1 is 1.23 bits per heavy atom. The summed E-state index contributed by atoms with van der Waals surface area (Å²) in [6.07, 6.45) is 5.74. The molecule has 1 fully saturated rings. The van der Waals surface area contributed by atoms with Gasteiger partial charge >= 0.3 is 0 Å². The number of carbonyl (C=O) groups is 3. The first kappa shape index (κ1) is 20.0. The molecule has 2 aliphatic heterocycles. The Morgan fingerprint density at radius 2 is 2.10 bits per heavy atom. The van der Waals surface area contributed by atoms with Gasteiger partial charge < -0.3 is 14.8 Å². The van der Waals surface area contributed by atoms with E-state index in [-0.39, 0.29) is 36.9 Å². The first-order chi connectivity index (χ1) is 14.6. The highest BCUT2D eigenvalue weighted by atomic mass is 32.2. The van der Waals surface area contributed by atoms with E-state index >= 15 is 0 Å². The number of rotatable bonds is 7. The maximum absolute atomic E-state index is 12.5. The Labute approximate surface area is 177 Å². The first-order valence-electron chi connectivity index (χ1n) is 9.41. The maximum atomic E-state index is 12.5. The SMILES string of the molecule is O=C(CCc1ccc2c(c1)OCO2)NCCN1C(=O)S/C(=C/c2cccnc2)C1=O. The highest BCUT2D eigenvalue weighted by Gasteiger charge is 2.34. The van der Waals surface area contributed by atoms with E-state index in [1.165, 1.54) is 0 Å². The molecule has 0 spiro atoms. The number of thioether (sulfide) groups is 1. The number of aryl methyl sites for hydroxylation is 1. The summed E-state index contributed by atoms with van der Waals surface area (Å²) in [5, 5.41) is 2.42. The zero-order chi connectivity index (χ0) is 20.9. The number of amides is 3. The molecular formula is C21H19N3O5S. The van der Waals surface area contributed by atoms with Gasteiger partial charge in [-0.3, -0.25) is 24.3 Å². The minimum atomic E-state index is -0.358. The molecule has 1 N–H and O–H groups in total. The van der Waals surface area contributed by atoms with Gasteiger partial charge in [0.25, 0.3) is 11.1 Å². The summed E-state index contributed by atoms with van der Waals surface area (Å²) < 4.78 is 10.6. The summed E-state index contributed by atoms with van der Waals surface area (Å²) in [6, 6.07) is 9.16. The van der Waals surface area contributed by atoms with Crippen molar-refractivity contribution in [3.8, 4) is 11.5 Å². The van der Waals surface area contributed by atoms with Crippen molar-refractivity contribution in [2.24, 2.45) is 0 Å². The topological polar surface area (TPSA) is 97.8 Å². The van der Waals surface area contributed by atoms with Crippen molar-refractivity contribution < 1.29 is 23.9 Å². The Hall–Kier alpha value is -3.33. The maximum Gasteiger partial charge on any atom is 0.293 e. The van der Waals surface area contributed by atoms with Gasteiger partial charge in [0.1, 0.15) is 0 Å². The summed E-state index contributed by atoms with van der Waals surface area (Å²) >= 11 is 0.889. The fourth-order valence-corrected chi connectivity index (χ4v) is 3.92. The number of ether oxygens (including phenoxy) is 2. The lowest BCUT2D eigenvalue weighted by Gasteiger charge is -2.13. The van der Waals surface area contributed by atoms with Gasteiger partial charge in [0, 0.05) is 31.9 Å². The van der Waals surface area contributed by atoms with Crippen LogP contribution in [0.5, 0.6) is 11.5 Å². The monoisotopic (exact) mass is 425 g/mol. The number of hydrogen-bond acceptors (Lipinski definition) is 7. The van der Waals surface area contributed by atoms with Crippen LogP contribution in [0, 0.1) is 0 Å². The van der Waals surface area contributed by atoms with Crippen molar-refractivity contribution in [3.63, 3.8) is 0 Å². The minimum absolute atomic E-state index is 0.130. The quantitative estimate of drug-likeness (QED) is 0.681. The average molecular weight is 425 g/mol. The van der Waals surface area contributed by atoms with Gasteiger partial charge in [0.2, 0.25) is 12.7 Å². The normalized spacial score (nSPS) is 16.4. The van der Waals surface area contributed by atoms with Gasteiger partial charge in [0.15, 0.2) is 11.5 Å². The van der Waals surface area contributed by atoms with Gasteiger partial charge in [-0.2, -0.15) is 0 Å². The van der Waals surface area contributed by atoms with E-state index in [2.05, 4.69) is 10.3 Å². The molecular weight excluding hydrogens is 406 g/mol. The molecule has 3 amide bonds. The smallest absolute Gasteiger partial charge is 0.293 e. The van der Waals surface area contributed by atoms with E-state index in [9.17, 15) is 14.4 Å². The minimum Gasteiger partial charge on any atom is -0.454 e. The molecule has 0 unspecified atom stereocenters. The van der Waals surface area contributed by atoms with Crippen LogP contribution in [0.15, 0.2) is 47.6 Å². The second kappa shape index (κ2) is 9.00. The highest BCUT2D eigenvalue weighted by molar-refractivity contribution is 8.18. The van der Waals surface area contributed by atoms with Crippen molar-refractivity contribution in [1.29, 1.82) is 0 Å². The number of nitrogens with one attached hydrogen (secondary N) is 1. The largest absolute Gasteiger partial charge is 0.454 e. The van der Waals surface area contributed by atoms with Gasteiger partial charge in [-0.15, -0.1) is 0 Å². The van der Waals surface area contributed by atoms with Crippen LogP contribution in [0.3, 0.4) is 0 Å². The number of benzene rings is 1. The zero-order valence-corrected chi connectivity index (χ0v) is 16.8. The van der Waals surface area contributed by atoms with Crippen LogP contribution in [-0.4, -0.2) is 46.8 Å². The molecule has 2 aromatic rings. The van der Waals surface area contributed by atoms with Crippen molar-refractivity contribution in [1.82, 2.24) is 15.2 Å². The third-order valence-electron chi connectivity index (χ3n) is 4.59. The molecule has 0 atom stereocenters. The van der Waals surface area contributed by atoms with Crippen LogP contribution in [0.2, 0.25) is 0 Å². The molecule has 2 aliphatic rings. The molecule has 0 radical (unpaired) electrons. The van der Waals surface area contributed by atoms with Crippen LogP contribution >= 0.6 is 11.8 Å².